The van der Waals surface area contributed by atoms with Crippen LogP contribution in [-0.2, 0) is 9.53 Å². The Kier molecular flexibility index (Phi) is 4.07. The lowest BCUT2D eigenvalue weighted by Crippen LogP contribution is -2.13. The minimum Gasteiger partial charge on any atom is -0.507 e. The number of aromatic carboxylic acids is 1. The van der Waals surface area contributed by atoms with Gasteiger partial charge in [0.1, 0.15) is 17.1 Å². The molecule has 1 atom stereocenters. The molecule has 0 fully saturated rings. The highest BCUT2D eigenvalue weighted by atomic mass is 16.5. The Morgan fingerprint density at radius 2 is 1.91 bits per heavy atom. The number of benzene rings is 1. The van der Waals surface area contributed by atoms with Crippen LogP contribution in [0.15, 0.2) is 30.2 Å². The van der Waals surface area contributed by atoms with Crippen LogP contribution in [0.3, 0.4) is 0 Å². The Balaban J connectivity index is 2.55. The van der Waals surface area contributed by atoms with Gasteiger partial charge in [-0.15, -0.1) is 0 Å². The van der Waals surface area contributed by atoms with Gasteiger partial charge in [-0.25, -0.2) is 9.59 Å². The molecule has 0 spiro atoms. The third kappa shape index (κ3) is 2.73. The molecule has 116 valence electrons. The lowest BCUT2D eigenvalue weighted by molar-refractivity contribution is -0.135. The summed E-state index contributed by atoms with van der Waals surface area (Å²) in [6.45, 7) is 1.69. The number of phenols is 1. The maximum Gasteiger partial charge on any atom is 0.371 e. The van der Waals surface area contributed by atoms with Gasteiger partial charge in [0.05, 0.1) is 13.4 Å². The first kappa shape index (κ1) is 15.4. The number of allylic oxidation sites excluding steroid dienone is 2. The van der Waals surface area contributed by atoms with Crippen LogP contribution in [-0.4, -0.2) is 34.4 Å². The Bertz CT molecular complexity index is 700. The zero-order valence-electron chi connectivity index (χ0n) is 11.9. The maximum absolute atomic E-state index is 11.4. The molecule has 0 saturated heterocycles. The monoisotopic (exact) mass is 306 g/mol. The molecule has 3 N–H and O–H groups in total. The molecule has 0 amide bonds. The largest absolute Gasteiger partial charge is 0.507 e. The van der Waals surface area contributed by atoms with Gasteiger partial charge < -0.3 is 24.8 Å². The van der Waals surface area contributed by atoms with E-state index in [2.05, 4.69) is 0 Å². The summed E-state index contributed by atoms with van der Waals surface area (Å²) in [4.78, 5) is 22.3. The summed E-state index contributed by atoms with van der Waals surface area (Å²) >= 11 is 0. The van der Waals surface area contributed by atoms with Crippen molar-refractivity contribution in [2.75, 3.05) is 7.11 Å². The van der Waals surface area contributed by atoms with Crippen molar-refractivity contribution < 1.29 is 34.4 Å². The zero-order valence-corrected chi connectivity index (χ0v) is 11.9. The smallest absolute Gasteiger partial charge is 0.371 e. The molecule has 0 unspecified atom stereocenters. The number of ether oxygens (including phenoxy) is 2. The van der Waals surface area contributed by atoms with E-state index in [-0.39, 0.29) is 22.6 Å². The van der Waals surface area contributed by atoms with E-state index < -0.39 is 23.6 Å². The van der Waals surface area contributed by atoms with Crippen molar-refractivity contribution in [2.24, 2.45) is 5.92 Å². The van der Waals surface area contributed by atoms with E-state index in [4.69, 9.17) is 14.6 Å². The number of hydrogen-bond donors (Lipinski definition) is 3. The summed E-state index contributed by atoms with van der Waals surface area (Å²) in [7, 11) is 1.39. The highest BCUT2D eigenvalue weighted by molar-refractivity contribution is 5.98. The number of carbonyl (C=O) groups is 2. The van der Waals surface area contributed by atoms with Crippen LogP contribution in [0.5, 0.6) is 11.5 Å². The molecule has 22 heavy (non-hydrogen) atoms. The summed E-state index contributed by atoms with van der Waals surface area (Å²) in [5.41, 5.74) is 0.337. The van der Waals surface area contributed by atoms with Gasteiger partial charge in [0.15, 0.2) is 0 Å². The van der Waals surface area contributed by atoms with Crippen LogP contribution < -0.4 is 4.74 Å². The molecule has 1 aliphatic heterocycles. The molecule has 1 aromatic rings. The third-order valence-electron chi connectivity index (χ3n) is 3.27. The molecule has 1 heterocycles. The third-order valence-corrected chi connectivity index (χ3v) is 3.27. The summed E-state index contributed by atoms with van der Waals surface area (Å²) < 4.78 is 10.0. The Morgan fingerprint density at radius 3 is 2.41 bits per heavy atom. The van der Waals surface area contributed by atoms with Crippen molar-refractivity contribution in [1.82, 2.24) is 0 Å². The van der Waals surface area contributed by atoms with Gasteiger partial charge in [-0.05, 0) is 12.1 Å². The molecule has 2 rings (SSSR count). The molecule has 0 saturated carbocycles. The summed E-state index contributed by atoms with van der Waals surface area (Å²) in [5, 5.41) is 28.1. The van der Waals surface area contributed by atoms with Crippen molar-refractivity contribution in [2.45, 2.75) is 6.92 Å². The SMILES string of the molecule is COc1cc(O)c(C(=O)O)c(C2=COC(C(=O)O)=C[C@H]2C)c1. The molecule has 7 nitrogen and oxygen atoms in total. The highest BCUT2D eigenvalue weighted by Crippen LogP contribution is 2.37. The lowest BCUT2D eigenvalue weighted by Gasteiger charge is -2.21. The molecule has 0 radical (unpaired) electrons. The second-order valence-electron chi connectivity index (χ2n) is 4.69. The van der Waals surface area contributed by atoms with Gasteiger partial charge in [0.2, 0.25) is 5.76 Å². The van der Waals surface area contributed by atoms with Crippen molar-refractivity contribution in [1.29, 1.82) is 0 Å². The van der Waals surface area contributed by atoms with Crippen molar-refractivity contribution in [3.05, 3.63) is 41.4 Å². The fourth-order valence-corrected chi connectivity index (χ4v) is 2.19. The van der Waals surface area contributed by atoms with E-state index in [1.807, 2.05) is 0 Å². The van der Waals surface area contributed by atoms with Gasteiger partial charge in [-0.2, -0.15) is 0 Å². The van der Waals surface area contributed by atoms with E-state index >= 15 is 0 Å². The minimum atomic E-state index is -1.31. The number of rotatable bonds is 4. The Morgan fingerprint density at radius 1 is 1.23 bits per heavy atom. The number of carboxylic acid groups (broad SMARTS) is 2. The average molecular weight is 306 g/mol. The van der Waals surface area contributed by atoms with Crippen LogP contribution in [0.2, 0.25) is 0 Å². The molecule has 0 aromatic heterocycles. The minimum absolute atomic E-state index is 0.206. The van der Waals surface area contributed by atoms with E-state index in [9.17, 15) is 19.8 Å². The standard InChI is InChI=1S/C15H14O7/c1-7-3-12(14(17)18)22-6-10(7)9-4-8(21-2)5-11(16)13(9)15(19)20/h3-7,16H,1-2H3,(H,17,18)(H,19,20)/t7-/m1/s1. The van der Waals surface area contributed by atoms with Crippen LogP contribution in [0.4, 0.5) is 0 Å². The number of methoxy groups -OCH3 is 1. The normalized spacial score (nSPS) is 17.1. The van der Waals surface area contributed by atoms with Crippen LogP contribution in [0.25, 0.3) is 5.57 Å². The second-order valence-corrected chi connectivity index (χ2v) is 4.69. The van der Waals surface area contributed by atoms with Crippen LogP contribution in [0, 0.1) is 5.92 Å². The number of carboxylic acids is 2. The number of aromatic hydroxyl groups is 1. The topological polar surface area (TPSA) is 113 Å². The van der Waals surface area contributed by atoms with E-state index in [1.165, 1.54) is 31.6 Å². The summed E-state index contributed by atoms with van der Waals surface area (Å²) in [6, 6.07) is 2.65. The fraction of sp³-hybridized carbons (Fsp3) is 0.200. The molecule has 7 heteroatoms. The molecular formula is C15H14O7. The first-order valence-electron chi connectivity index (χ1n) is 6.31. The van der Waals surface area contributed by atoms with Crippen molar-refractivity contribution >= 4 is 17.5 Å². The lowest BCUT2D eigenvalue weighted by atomic mass is 9.89. The highest BCUT2D eigenvalue weighted by Gasteiger charge is 2.26. The zero-order chi connectivity index (χ0) is 16.4. The van der Waals surface area contributed by atoms with Gasteiger partial charge in [0, 0.05) is 23.1 Å². The molecular weight excluding hydrogens is 292 g/mol. The van der Waals surface area contributed by atoms with Crippen LogP contribution >= 0.6 is 0 Å². The van der Waals surface area contributed by atoms with Crippen LogP contribution in [0.1, 0.15) is 22.8 Å². The van der Waals surface area contributed by atoms with Crippen molar-refractivity contribution in [3.8, 4) is 11.5 Å². The Hall–Kier alpha value is -2.96. The first-order valence-corrected chi connectivity index (χ1v) is 6.31. The first-order chi connectivity index (χ1) is 10.3. The van der Waals surface area contributed by atoms with Crippen molar-refractivity contribution in [3.63, 3.8) is 0 Å². The predicted molar refractivity (Wildman–Crippen MR) is 75.6 cm³/mol. The average Bonchev–Trinajstić information content (AvgIpc) is 2.45. The van der Waals surface area contributed by atoms with Gasteiger partial charge >= 0.3 is 11.9 Å². The predicted octanol–water partition coefficient (Wildman–Crippen LogP) is 2.07. The molecule has 1 aliphatic rings. The second kappa shape index (κ2) is 5.80. The fourth-order valence-electron chi connectivity index (χ4n) is 2.19. The molecule has 1 aromatic carbocycles. The van der Waals surface area contributed by atoms with E-state index in [0.29, 0.717) is 5.57 Å². The van der Waals surface area contributed by atoms with E-state index in [1.54, 1.807) is 6.92 Å². The molecule has 0 aliphatic carbocycles. The number of aliphatic carboxylic acids is 1. The summed E-state index contributed by atoms with van der Waals surface area (Å²) in [6.07, 6.45) is 2.54. The van der Waals surface area contributed by atoms with Gasteiger partial charge in [-0.1, -0.05) is 6.92 Å². The van der Waals surface area contributed by atoms with E-state index in [0.717, 1.165) is 0 Å². The molecule has 0 bridgehead atoms. The quantitative estimate of drug-likeness (QED) is 0.780. The Labute approximate surface area is 125 Å². The summed E-state index contributed by atoms with van der Waals surface area (Å²) in [5.74, 6) is -3.34. The number of hydrogen-bond acceptors (Lipinski definition) is 5. The van der Waals surface area contributed by atoms with Gasteiger partial charge in [-0.3, -0.25) is 0 Å². The maximum atomic E-state index is 11.4. The van der Waals surface area contributed by atoms with Gasteiger partial charge in [0.25, 0.3) is 0 Å².